The largest absolute Gasteiger partial charge is 0.352 e. The van der Waals surface area contributed by atoms with Crippen LogP contribution in [0.1, 0.15) is 31.4 Å². The van der Waals surface area contributed by atoms with Crippen LogP contribution >= 0.6 is 11.6 Å². The number of para-hydroxylation sites is 1. The van der Waals surface area contributed by atoms with Gasteiger partial charge in [0, 0.05) is 19.0 Å². The molecule has 0 aromatic heterocycles. The molecular weight excluding hydrogens is 582 g/mol. The van der Waals surface area contributed by atoms with Crippen LogP contribution in [-0.2, 0) is 32.6 Å². The lowest BCUT2D eigenvalue weighted by Gasteiger charge is -2.34. The van der Waals surface area contributed by atoms with Crippen LogP contribution in [0, 0.1) is 0 Å². The lowest BCUT2D eigenvalue weighted by Crippen LogP contribution is -2.54. The van der Waals surface area contributed by atoms with Crippen molar-refractivity contribution in [3.05, 3.63) is 131 Å². The van der Waals surface area contributed by atoms with E-state index in [1.165, 1.54) is 17.0 Å². The summed E-state index contributed by atoms with van der Waals surface area (Å²) in [4.78, 5) is 29.7. The van der Waals surface area contributed by atoms with Crippen LogP contribution in [0.5, 0.6) is 0 Å². The van der Waals surface area contributed by atoms with Crippen LogP contribution in [0.15, 0.2) is 120 Å². The fraction of sp³-hybridized carbons (Fsp3) is 0.235. The summed E-state index contributed by atoms with van der Waals surface area (Å²) in [6.45, 7) is 3.43. The number of nitrogens with one attached hydrogen (secondary N) is 1. The van der Waals surface area contributed by atoms with Gasteiger partial charge in [0.05, 0.1) is 15.6 Å². The molecule has 224 valence electrons. The minimum atomic E-state index is -4.21. The highest BCUT2D eigenvalue weighted by Gasteiger charge is 2.35. The number of carbonyl (C=O) groups excluding carboxylic acids is 2. The van der Waals surface area contributed by atoms with E-state index in [-0.39, 0.29) is 40.5 Å². The average Bonchev–Trinajstić information content (AvgIpc) is 3.03. The van der Waals surface area contributed by atoms with E-state index >= 15 is 0 Å². The smallest absolute Gasteiger partial charge is 0.264 e. The standard InChI is InChI=1S/C34H36ClN3O4S/c1-3-26(2)36-34(40)32(23-27-15-7-4-8-16-27)37(24-28-17-9-5-10-18-28)33(39)25-38(31-22-14-13-21-30(31)35)43(41,42)29-19-11-6-12-20-29/h4-22,26,32H,3,23-25H2,1-2H3,(H,36,40). The Labute approximate surface area is 259 Å². The quantitative estimate of drug-likeness (QED) is 0.197. The van der Waals surface area contributed by atoms with Gasteiger partial charge in [-0.3, -0.25) is 13.9 Å². The maximum Gasteiger partial charge on any atom is 0.264 e. The topological polar surface area (TPSA) is 86.8 Å². The third-order valence-corrected chi connectivity index (χ3v) is 9.29. The van der Waals surface area contributed by atoms with E-state index in [2.05, 4.69) is 5.32 Å². The Morgan fingerprint density at radius 3 is 1.91 bits per heavy atom. The highest BCUT2D eigenvalue weighted by Crippen LogP contribution is 2.31. The van der Waals surface area contributed by atoms with Gasteiger partial charge >= 0.3 is 0 Å². The molecule has 4 aromatic rings. The fourth-order valence-electron chi connectivity index (χ4n) is 4.66. The summed E-state index contributed by atoms with van der Waals surface area (Å²) in [5, 5.41) is 3.22. The van der Waals surface area contributed by atoms with Crippen molar-refractivity contribution in [2.75, 3.05) is 10.8 Å². The summed E-state index contributed by atoms with van der Waals surface area (Å²) in [5.41, 5.74) is 1.85. The number of rotatable bonds is 13. The molecule has 0 radical (unpaired) electrons. The molecule has 0 aliphatic carbocycles. The highest BCUT2D eigenvalue weighted by atomic mass is 35.5. The molecule has 0 saturated carbocycles. The Kier molecular flexibility index (Phi) is 11.0. The Balaban J connectivity index is 1.79. The third-order valence-electron chi connectivity index (χ3n) is 7.20. The van der Waals surface area contributed by atoms with E-state index < -0.39 is 28.5 Å². The van der Waals surface area contributed by atoms with Crippen molar-refractivity contribution in [1.82, 2.24) is 10.2 Å². The molecule has 7 nitrogen and oxygen atoms in total. The molecule has 0 aliphatic rings. The Morgan fingerprint density at radius 1 is 0.791 bits per heavy atom. The van der Waals surface area contributed by atoms with Gasteiger partial charge in [-0.1, -0.05) is 110 Å². The monoisotopic (exact) mass is 617 g/mol. The second-order valence-corrected chi connectivity index (χ2v) is 12.6. The number of amides is 2. The predicted molar refractivity (Wildman–Crippen MR) is 171 cm³/mol. The van der Waals surface area contributed by atoms with E-state index in [1.807, 2.05) is 74.5 Å². The van der Waals surface area contributed by atoms with E-state index in [1.54, 1.807) is 42.5 Å². The van der Waals surface area contributed by atoms with Crippen LogP contribution in [-0.4, -0.2) is 43.8 Å². The van der Waals surface area contributed by atoms with Gasteiger partial charge in [0.15, 0.2) is 0 Å². The number of hydrogen-bond acceptors (Lipinski definition) is 4. The molecule has 4 rings (SSSR count). The predicted octanol–water partition coefficient (Wildman–Crippen LogP) is 6.09. The summed E-state index contributed by atoms with van der Waals surface area (Å²) < 4.78 is 29.0. The van der Waals surface area contributed by atoms with E-state index in [4.69, 9.17) is 11.6 Å². The van der Waals surface area contributed by atoms with Gasteiger partial charge in [0.1, 0.15) is 12.6 Å². The van der Waals surface area contributed by atoms with Crippen LogP contribution < -0.4 is 9.62 Å². The van der Waals surface area contributed by atoms with Crippen molar-refractivity contribution in [2.24, 2.45) is 0 Å². The van der Waals surface area contributed by atoms with E-state index in [0.717, 1.165) is 15.4 Å². The zero-order valence-electron chi connectivity index (χ0n) is 24.3. The molecule has 2 atom stereocenters. The van der Waals surface area contributed by atoms with Crippen LogP contribution in [0.3, 0.4) is 0 Å². The summed E-state index contributed by atoms with van der Waals surface area (Å²) >= 11 is 6.50. The first-order chi connectivity index (χ1) is 20.7. The molecular formula is C34H36ClN3O4S. The van der Waals surface area contributed by atoms with Crippen molar-refractivity contribution in [3.8, 4) is 0 Å². The highest BCUT2D eigenvalue weighted by molar-refractivity contribution is 7.92. The molecule has 0 saturated heterocycles. The Morgan fingerprint density at radius 2 is 1.33 bits per heavy atom. The molecule has 4 aromatic carbocycles. The van der Waals surface area contributed by atoms with Gasteiger partial charge in [0.25, 0.3) is 10.0 Å². The second kappa shape index (κ2) is 14.8. The minimum Gasteiger partial charge on any atom is -0.352 e. The first kappa shape index (κ1) is 31.8. The van der Waals surface area contributed by atoms with Crippen LogP contribution in [0.25, 0.3) is 0 Å². The molecule has 43 heavy (non-hydrogen) atoms. The van der Waals surface area contributed by atoms with Crippen LogP contribution in [0.2, 0.25) is 5.02 Å². The molecule has 1 N–H and O–H groups in total. The summed E-state index contributed by atoms with van der Waals surface area (Å²) in [6.07, 6.45) is 0.964. The Bertz CT molecular complexity index is 1600. The summed E-state index contributed by atoms with van der Waals surface area (Å²) in [7, 11) is -4.21. The average molecular weight is 618 g/mol. The molecule has 0 aliphatic heterocycles. The lowest BCUT2D eigenvalue weighted by atomic mass is 10.0. The van der Waals surface area contributed by atoms with Crippen LogP contribution in [0.4, 0.5) is 5.69 Å². The van der Waals surface area contributed by atoms with Gasteiger partial charge in [0.2, 0.25) is 11.8 Å². The van der Waals surface area contributed by atoms with Crippen molar-refractivity contribution in [2.45, 2.75) is 50.2 Å². The first-order valence-electron chi connectivity index (χ1n) is 14.2. The van der Waals surface area contributed by atoms with Gasteiger partial charge < -0.3 is 10.2 Å². The van der Waals surface area contributed by atoms with Gasteiger partial charge in [-0.15, -0.1) is 0 Å². The molecule has 0 fully saturated rings. The fourth-order valence-corrected chi connectivity index (χ4v) is 6.40. The number of sulfonamides is 1. The number of benzene rings is 4. The maximum atomic E-state index is 14.4. The molecule has 0 spiro atoms. The number of hydrogen-bond donors (Lipinski definition) is 1. The normalized spacial score (nSPS) is 12.6. The third kappa shape index (κ3) is 8.24. The van der Waals surface area contributed by atoms with Crippen molar-refractivity contribution in [3.63, 3.8) is 0 Å². The molecule has 2 amide bonds. The zero-order chi connectivity index (χ0) is 30.8. The van der Waals surface area contributed by atoms with Gasteiger partial charge in [-0.2, -0.15) is 0 Å². The summed E-state index contributed by atoms with van der Waals surface area (Å²) in [5.74, 6) is -0.846. The Hall–Kier alpha value is -4.14. The number of halogens is 1. The molecule has 9 heteroatoms. The molecule has 0 heterocycles. The summed E-state index contributed by atoms with van der Waals surface area (Å²) in [6, 6.07) is 32.2. The zero-order valence-corrected chi connectivity index (χ0v) is 25.8. The first-order valence-corrected chi connectivity index (χ1v) is 16.0. The van der Waals surface area contributed by atoms with Gasteiger partial charge in [-0.05, 0) is 48.7 Å². The van der Waals surface area contributed by atoms with Crippen molar-refractivity contribution in [1.29, 1.82) is 0 Å². The molecule has 2 unspecified atom stereocenters. The number of carbonyl (C=O) groups is 2. The number of nitrogens with zero attached hydrogens (tertiary/aromatic N) is 2. The van der Waals surface area contributed by atoms with Crippen molar-refractivity contribution >= 4 is 39.1 Å². The second-order valence-electron chi connectivity index (χ2n) is 10.3. The van der Waals surface area contributed by atoms with Crippen molar-refractivity contribution < 1.29 is 18.0 Å². The maximum absolute atomic E-state index is 14.4. The minimum absolute atomic E-state index is 0.0210. The SMILES string of the molecule is CCC(C)NC(=O)C(Cc1ccccc1)N(Cc1ccccc1)C(=O)CN(c1ccccc1Cl)S(=O)(=O)c1ccccc1. The lowest BCUT2D eigenvalue weighted by molar-refractivity contribution is -0.140. The van der Waals surface area contributed by atoms with Gasteiger partial charge in [-0.25, -0.2) is 8.42 Å². The van der Waals surface area contributed by atoms with E-state index in [0.29, 0.717) is 6.42 Å². The van der Waals surface area contributed by atoms with E-state index in [9.17, 15) is 18.0 Å². The molecule has 0 bridgehead atoms. The number of anilines is 1.